The lowest BCUT2D eigenvalue weighted by Crippen LogP contribution is -2.32. The highest BCUT2D eigenvalue weighted by Crippen LogP contribution is 2.22. The molecular formula is C15H25N3S. The summed E-state index contributed by atoms with van der Waals surface area (Å²) < 4.78 is 0. The van der Waals surface area contributed by atoms with Crippen LogP contribution in [0.3, 0.4) is 0 Å². The lowest BCUT2D eigenvalue weighted by Gasteiger charge is -2.27. The van der Waals surface area contributed by atoms with E-state index >= 15 is 0 Å². The van der Waals surface area contributed by atoms with Crippen LogP contribution >= 0.6 is 11.8 Å². The zero-order chi connectivity index (χ0) is 13.8. The Balaban J connectivity index is 2.00. The first kappa shape index (κ1) is 14.7. The molecule has 0 saturated heterocycles. The summed E-state index contributed by atoms with van der Waals surface area (Å²) in [5.41, 5.74) is 2.56. The minimum absolute atomic E-state index is 0.511. The number of anilines is 1. The van der Waals surface area contributed by atoms with Crippen molar-refractivity contribution in [3.63, 3.8) is 0 Å². The van der Waals surface area contributed by atoms with E-state index < -0.39 is 0 Å². The minimum Gasteiger partial charge on any atom is -0.356 e. The van der Waals surface area contributed by atoms with E-state index in [4.69, 9.17) is 0 Å². The quantitative estimate of drug-likeness (QED) is 0.831. The highest BCUT2D eigenvalue weighted by atomic mass is 32.2. The Kier molecular flexibility index (Phi) is 5.11. The van der Waals surface area contributed by atoms with Gasteiger partial charge in [0.05, 0.1) is 0 Å². The van der Waals surface area contributed by atoms with Crippen molar-refractivity contribution < 1.29 is 0 Å². The van der Waals surface area contributed by atoms with Gasteiger partial charge in [-0.3, -0.25) is 0 Å². The first-order valence-electron chi connectivity index (χ1n) is 7.02. The summed E-state index contributed by atoms with van der Waals surface area (Å²) in [6.07, 6.45) is 6.83. The van der Waals surface area contributed by atoms with Crippen molar-refractivity contribution in [3.05, 3.63) is 23.4 Å². The monoisotopic (exact) mass is 279 g/mol. The van der Waals surface area contributed by atoms with E-state index in [0.29, 0.717) is 6.04 Å². The molecule has 1 fully saturated rings. The second-order valence-corrected chi connectivity index (χ2v) is 6.47. The number of pyridine rings is 1. The molecule has 1 unspecified atom stereocenters. The van der Waals surface area contributed by atoms with Crippen molar-refractivity contribution >= 4 is 17.6 Å². The SMILES string of the molecule is CSCC(C)N(C)c1ncc(CNC2CC2)cc1C. The van der Waals surface area contributed by atoms with Gasteiger partial charge in [0, 0.05) is 37.6 Å². The molecule has 19 heavy (non-hydrogen) atoms. The van der Waals surface area contributed by atoms with Gasteiger partial charge >= 0.3 is 0 Å². The number of hydrogen-bond acceptors (Lipinski definition) is 4. The van der Waals surface area contributed by atoms with E-state index in [1.807, 2.05) is 18.0 Å². The average Bonchev–Trinajstić information content (AvgIpc) is 3.20. The Labute approximate surface area is 121 Å². The zero-order valence-electron chi connectivity index (χ0n) is 12.4. The summed E-state index contributed by atoms with van der Waals surface area (Å²) in [5, 5.41) is 3.53. The van der Waals surface area contributed by atoms with Gasteiger partial charge in [0.1, 0.15) is 5.82 Å². The summed E-state index contributed by atoms with van der Waals surface area (Å²) in [4.78, 5) is 6.94. The Bertz CT molecular complexity index is 418. The number of rotatable bonds is 7. The lowest BCUT2D eigenvalue weighted by molar-refractivity contribution is 0.684. The standard InChI is InChI=1S/C15H25N3S/c1-11-7-13(8-16-14-5-6-14)9-17-15(11)18(3)12(2)10-19-4/h7,9,12,14,16H,5-6,8,10H2,1-4H3. The van der Waals surface area contributed by atoms with Crippen LogP contribution in [0, 0.1) is 6.92 Å². The fourth-order valence-electron chi connectivity index (χ4n) is 2.20. The van der Waals surface area contributed by atoms with Crippen LogP contribution in [0.25, 0.3) is 0 Å². The third-order valence-electron chi connectivity index (χ3n) is 3.68. The highest BCUT2D eigenvalue weighted by molar-refractivity contribution is 7.98. The van der Waals surface area contributed by atoms with Crippen molar-refractivity contribution in [2.24, 2.45) is 0 Å². The first-order chi connectivity index (χ1) is 9.11. The number of thioether (sulfide) groups is 1. The lowest BCUT2D eigenvalue weighted by atomic mass is 10.2. The molecule has 3 nitrogen and oxygen atoms in total. The maximum Gasteiger partial charge on any atom is 0.131 e. The predicted molar refractivity (Wildman–Crippen MR) is 85.1 cm³/mol. The van der Waals surface area contributed by atoms with Gasteiger partial charge in [-0.1, -0.05) is 0 Å². The smallest absolute Gasteiger partial charge is 0.131 e. The van der Waals surface area contributed by atoms with Crippen LogP contribution < -0.4 is 10.2 Å². The van der Waals surface area contributed by atoms with Crippen molar-refractivity contribution in [2.75, 3.05) is 24.0 Å². The Morgan fingerprint density at radius 1 is 1.53 bits per heavy atom. The number of aryl methyl sites for hydroxylation is 1. The molecule has 0 aliphatic heterocycles. The fourth-order valence-corrected chi connectivity index (χ4v) is 2.91. The van der Waals surface area contributed by atoms with Gasteiger partial charge in [0.2, 0.25) is 0 Å². The molecule has 1 aliphatic carbocycles. The molecule has 1 N–H and O–H groups in total. The number of nitrogens with one attached hydrogen (secondary N) is 1. The number of hydrogen-bond donors (Lipinski definition) is 1. The molecule has 106 valence electrons. The number of nitrogens with zero attached hydrogens (tertiary/aromatic N) is 2. The van der Waals surface area contributed by atoms with E-state index in [0.717, 1.165) is 24.2 Å². The Morgan fingerprint density at radius 3 is 2.84 bits per heavy atom. The van der Waals surface area contributed by atoms with Crippen LogP contribution in [0.5, 0.6) is 0 Å². The molecule has 0 aromatic carbocycles. The van der Waals surface area contributed by atoms with Crippen LogP contribution in [-0.2, 0) is 6.54 Å². The molecule has 1 aromatic rings. The third-order valence-corrected chi connectivity index (χ3v) is 4.50. The van der Waals surface area contributed by atoms with Crippen molar-refractivity contribution in [1.82, 2.24) is 10.3 Å². The van der Waals surface area contributed by atoms with Crippen molar-refractivity contribution in [3.8, 4) is 0 Å². The van der Waals surface area contributed by atoms with Gasteiger partial charge in [-0.2, -0.15) is 11.8 Å². The Morgan fingerprint density at radius 2 is 2.26 bits per heavy atom. The highest BCUT2D eigenvalue weighted by Gasteiger charge is 2.20. The largest absolute Gasteiger partial charge is 0.356 e. The molecule has 0 spiro atoms. The second-order valence-electron chi connectivity index (χ2n) is 5.55. The van der Waals surface area contributed by atoms with Crippen LogP contribution in [0.1, 0.15) is 30.9 Å². The fraction of sp³-hybridized carbons (Fsp3) is 0.667. The molecule has 1 aromatic heterocycles. The van der Waals surface area contributed by atoms with Gasteiger partial charge in [0.25, 0.3) is 0 Å². The van der Waals surface area contributed by atoms with Gasteiger partial charge < -0.3 is 10.2 Å². The topological polar surface area (TPSA) is 28.2 Å². The third kappa shape index (κ3) is 4.11. The van der Waals surface area contributed by atoms with Crippen LogP contribution in [0.4, 0.5) is 5.82 Å². The predicted octanol–water partition coefficient (Wildman–Crippen LogP) is 2.83. The molecule has 0 amide bonds. The van der Waals surface area contributed by atoms with E-state index in [1.54, 1.807) is 0 Å². The molecule has 0 radical (unpaired) electrons. The van der Waals surface area contributed by atoms with Gasteiger partial charge in [-0.05, 0) is 50.1 Å². The normalized spacial score (nSPS) is 16.4. The maximum atomic E-state index is 4.66. The van der Waals surface area contributed by atoms with Crippen molar-refractivity contribution in [1.29, 1.82) is 0 Å². The second kappa shape index (κ2) is 6.62. The van der Waals surface area contributed by atoms with Gasteiger partial charge in [0.15, 0.2) is 0 Å². The van der Waals surface area contributed by atoms with Gasteiger partial charge in [-0.25, -0.2) is 4.98 Å². The molecule has 1 aliphatic rings. The molecule has 1 saturated carbocycles. The summed E-state index contributed by atoms with van der Waals surface area (Å²) >= 11 is 1.88. The van der Waals surface area contributed by atoms with Crippen LogP contribution in [0.15, 0.2) is 12.3 Å². The molecular weight excluding hydrogens is 254 g/mol. The maximum absolute atomic E-state index is 4.66. The van der Waals surface area contributed by atoms with E-state index in [2.05, 4.69) is 48.4 Å². The summed E-state index contributed by atoms with van der Waals surface area (Å²) in [6.45, 7) is 5.36. The van der Waals surface area contributed by atoms with E-state index in [-0.39, 0.29) is 0 Å². The van der Waals surface area contributed by atoms with Crippen LogP contribution in [0.2, 0.25) is 0 Å². The zero-order valence-corrected chi connectivity index (χ0v) is 13.3. The summed E-state index contributed by atoms with van der Waals surface area (Å²) in [5.74, 6) is 2.24. The molecule has 2 rings (SSSR count). The summed E-state index contributed by atoms with van der Waals surface area (Å²) in [7, 11) is 2.14. The minimum atomic E-state index is 0.511. The van der Waals surface area contributed by atoms with E-state index in [1.165, 1.54) is 24.0 Å². The Hall–Kier alpha value is -0.740. The van der Waals surface area contributed by atoms with E-state index in [9.17, 15) is 0 Å². The molecule has 0 bridgehead atoms. The molecule has 1 heterocycles. The average molecular weight is 279 g/mol. The first-order valence-corrected chi connectivity index (χ1v) is 8.42. The van der Waals surface area contributed by atoms with Crippen LogP contribution in [-0.4, -0.2) is 36.1 Å². The molecule has 4 heteroatoms. The number of aromatic nitrogens is 1. The van der Waals surface area contributed by atoms with Crippen molar-refractivity contribution in [2.45, 2.75) is 45.3 Å². The van der Waals surface area contributed by atoms with Gasteiger partial charge in [-0.15, -0.1) is 0 Å². The summed E-state index contributed by atoms with van der Waals surface area (Å²) in [6, 6.07) is 3.53. The molecule has 1 atom stereocenters.